The predicted molar refractivity (Wildman–Crippen MR) is 46.1 cm³/mol. The fourth-order valence-electron chi connectivity index (χ4n) is 0.798. The van der Waals surface area contributed by atoms with Gasteiger partial charge in [-0.05, 0) is 6.07 Å². The van der Waals surface area contributed by atoms with Crippen molar-refractivity contribution >= 4 is 11.8 Å². The molecular weight excluding hydrogens is 190 g/mol. The zero-order valence-corrected chi connectivity index (χ0v) is 7.30. The SMILES string of the molecule is COC(=O)Oc1cccc([N+](=O)[O-])c1. The Morgan fingerprint density at radius 2 is 2.21 bits per heavy atom. The average molecular weight is 197 g/mol. The molecule has 0 saturated heterocycles. The molecule has 0 atom stereocenters. The van der Waals surface area contributed by atoms with Gasteiger partial charge in [-0.15, -0.1) is 0 Å². The number of non-ortho nitro benzene ring substituents is 1. The van der Waals surface area contributed by atoms with E-state index in [2.05, 4.69) is 9.47 Å². The number of nitro groups is 1. The van der Waals surface area contributed by atoms with E-state index in [9.17, 15) is 14.9 Å². The van der Waals surface area contributed by atoms with Gasteiger partial charge in [0.1, 0.15) is 5.75 Å². The third kappa shape index (κ3) is 2.44. The Balaban J connectivity index is 2.83. The molecule has 0 saturated carbocycles. The molecule has 1 aromatic rings. The van der Waals surface area contributed by atoms with E-state index >= 15 is 0 Å². The first-order valence-electron chi connectivity index (χ1n) is 3.63. The molecule has 0 heterocycles. The van der Waals surface area contributed by atoms with Gasteiger partial charge in [0.25, 0.3) is 5.69 Å². The number of hydrogen-bond acceptors (Lipinski definition) is 5. The lowest BCUT2D eigenvalue weighted by atomic mass is 10.3. The van der Waals surface area contributed by atoms with E-state index in [-0.39, 0.29) is 11.4 Å². The summed E-state index contributed by atoms with van der Waals surface area (Å²) in [5.74, 6) is 0.0750. The highest BCUT2D eigenvalue weighted by Gasteiger charge is 2.09. The van der Waals surface area contributed by atoms with Crippen LogP contribution >= 0.6 is 0 Å². The highest BCUT2D eigenvalue weighted by molar-refractivity contribution is 5.64. The number of carbonyl (C=O) groups is 1. The van der Waals surface area contributed by atoms with Crippen LogP contribution in [-0.2, 0) is 4.74 Å². The Hall–Kier alpha value is -2.11. The summed E-state index contributed by atoms with van der Waals surface area (Å²) in [6.45, 7) is 0. The number of carbonyl (C=O) groups excluding carboxylic acids is 1. The summed E-state index contributed by atoms with van der Waals surface area (Å²) in [6.07, 6.45) is -0.912. The predicted octanol–water partition coefficient (Wildman–Crippen LogP) is 1.74. The molecule has 0 aromatic heterocycles. The topological polar surface area (TPSA) is 78.7 Å². The molecule has 0 unspecified atom stereocenters. The molecule has 0 amide bonds. The quantitative estimate of drug-likeness (QED) is 0.312. The first-order chi connectivity index (χ1) is 6.63. The van der Waals surface area contributed by atoms with Crippen molar-refractivity contribution in [2.24, 2.45) is 0 Å². The summed E-state index contributed by atoms with van der Waals surface area (Å²) in [7, 11) is 1.15. The van der Waals surface area contributed by atoms with Gasteiger partial charge in [-0.25, -0.2) is 4.79 Å². The first kappa shape index (κ1) is 9.97. The Morgan fingerprint density at radius 3 is 2.79 bits per heavy atom. The van der Waals surface area contributed by atoms with E-state index in [4.69, 9.17) is 0 Å². The van der Waals surface area contributed by atoms with Crippen LogP contribution in [0.1, 0.15) is 0 Å². The maximum atomic E-state index is 10.6. The summed E-state index contributed by atoms with van der Waals surface area (Å²) in [5, 5.41) is 10.3. The molecule has 0 aliphatic carbocycles. The molecule has 0 N–H and O–H groups in total. The second kappa shape index (κ2) is 4.22. The third-order valence-electron chi connectivity index (χ3n) is 1.40. The normalized spacial score (nSPS) is 9.21. The summed E-state index contributed by atoms with van der Waals surface area (Å²) in [5.41, 5.74) is -0.147. The molecule has 0 aliphatic heterocycles. The summed E-state index contributed by atoms with van der Waals surface area (Å²) < 4.78 is 8.81. The number of hydrogen-bond donors (Lipinski definition) is 0. The number of nitrogens with zero attached hydrogens (tertiary/aromatic N) is 1. The minimum absolute atomic E-state index is 0.0750. The molecule has 0 radical (unpaired) electrons. The molecule has 1 rings (SSSR count). The van der Waals surface area contributed by atoms with Crippen LogP contribution in [0.25, 0.3) is 0 Å². The number of methoxy groups -OCH3 is 1. The van der Waals surface area contributed by atoms with Crippen LogP contribution in [0.2, 0.25) is 0 Å². The van der Waals surface area contributed by atoms with E-state index in [1.165, 1.54) is 18.2 Å². The molecule has 1 aromatic carbocycles. The lowest BCUT2D eigenvalue weighted by Crippen LogP contribution is -2.07. The van der Waals surface area contributed by atoms with E-state index in [0.717, 1.165) is 13.2 Å². The van der Waals surface area contributed by atoms with Gasteiger partial charge in [0.05, 0.1) is 18.1 Å². The highest BCUT2D eigenvalue weighted by atomic mass is 16.7. The van der Waals surface area contributed by atoms with Crippen LogP contribution in [0.3, 0.4) is 0 Å². The van der Waals surface area contributed by atoms with E-state index in [0.29, 0.717) is 0 Å². The number of benzene rings is 1. The van der Waals surface area contributed by atoms with Gasteiger partial charge >= 0.3 is 6.16 Å². The zero-order valence-electron chi connectivity index (χ0n) is 7.30. The standard InChI is InChI=1S/C8H7NO5/c1-13-8(10)14-7-4-2-3-6(5-7)9(11)12/h2-5H,1H3. The molecule has 0 bridgehead atoms. The van der Waals surface area contributed by atoms with Crippen LogP contribution < -0.4 is 4.74 Å². The van der Waals surface area contributed by atoms with Crippen molar-refractivity contribution in [2.45, 2.75) is 0 Å². The maximum absolute atomic E-state index is 10.6. The van der Waals surface area contributed by atoms with Crippen molar-refractivity contribution in [1.29, 1.82) is 0 Å². The summed E-state index contributed by atoms with van der Waals surface area (Å²) in [6, 6.07) is 5.27. The highest BCUT2D eigenvalue weighted by Crippen LogP contribution is 2.19. The number of rotatable bonds is 2. The third-order valence-corrected chi connectivity index (χ3v) is 1.40. The summed E-state index contributed by atoms with van der Waals surface area (Å²) >= 11 is 0. The van der Waals surface area contributed by atoms with E-state index in [1.54, 1.807) is 0 Å². The Labute approximate surface area is 79.2 Å². The van der Waals surface area contributed by atoms with Crippen LogP contribution in [0.15, 0.2) is 24.3 Å². The Morgan fingerprint density at radius 1 is 1.50 bits per heavy atom. The molecule has 0 fully saturated rings. The van der Waals surface area contributed by atoms with Crippen molar-refractivity contribution in [1.82, 2.24) is 0 Å². The Bertz CT molecular complexity index is 363. The van der Waals surface area contributed by atoms with Gasteiger partial charge in [-0.1, -0.05) is 6.07 Å². The van der Waals surface area contributed by atoms with Gasteiger partial charge < -0.3 is 9.47 Å². The van der Waals surface area contributed by atoms with Gasteiger partial charge in [0.2, 0.25) is 0 Å². The number of nitro benzene ring substituents is 1. The van der Waals surface area contributed by atoms with Crippen molar-refractivity contribution in [3.05, 3.63) is 34.4 Å². The summed E-state index contributed by atoms with van der Waals surface area (Å²) in [4.78, 5) is 20.4. The maximum Gasteiger partial charge on any atom is 0.513 e. The van der Waals surface area contributed by atoms with Crippen molar-refractivity contribution < 1.29 is 19.2 Å². The monoisotopic (exact) mass is 197 g/mol. The lowest BCUT2D eigenvalue weighted by Gasteiger charge is -2.00. The van der Waals surface area contributed by atoms with E-state index in [1.807, 2.05) is 0 Å². The van der Waals surface area contributed by atoms with Crippen LogP contribution in [0.4, 0.5) is 10.5 Å². The van der Waals surface area contributed by atoms with E-state index < -0.39 is 11.1 Å². The molecule has 14 heavy (non-hydrogen) atoms. The lowest BCUT2D eigenvalue weighted by molar-refractivity contribution is -0.384. The van der Waals surface area contributed by atoms with Crippen molar-refractivity contribution in [2.75, 3.05) is 7.11 Å². The van der Waals surface area contributed by atoms with Gasteiger partial charge in [0.15, 0.2) is 0 Å². The second-order valence-corrected chi connectivity index (χ2v) is 2.31. The van der Waals surface area contributed by atoms with Crippen molar-refractivity contribution in [3.63, 3.8) is 0 Å². The number of ether oxygens (including phenoxy) is 2. The van der Waals surface area contributed by atoms with Gasteiger partial charge in [-0.2, -0.15) is 0 Å². The Kier molecular flexibility index (Phi) is 3.01. The molecular formula is C8H7NO5. The fourth-order valence-corrected chi connectivity index (χ4v) is 0.798. The first-order valence-corrected chi connectivity index (χ1v) is 3.63. The van der Waals surface area contributed by atoms with Crippen molar-refractivity contribution in [3.8, 4) is 5.75 Å². The average Bonchev–Trinajstić information content (AvgIpc) is 2.18. The zero-order chi connectivity index (χ0) is 10.6. The second-order valence-electron chi connectivity index (χ2n) is 2.31. The molecule has 74 valence electrons. The van der Waals surface area contributed by atoms with Crippen LogP contribution in [0, 0.1) is 10.1 Å². The van der Waals surface area contributed by atoms with Gasteiger partial charge in [0, 0.05) is 6.07 Å². The fraction of sp³-hybridized carbons (Fsp3) is 0.125. The smallest absolute Gasteiger partial charge is 0.437 e. The molecule has 0 spiro atoms. The minimum Gasteiger partial charge on any atom is -0.437 e. The minimum atomic E-state index is -0.912. The van der Waals surface area contributed by atoms with Crippen LogP contribution in [-0.4, -0.2) is 18.2 Å². The largest absolute Gasteiger partial charge is 0.513 e. The molecule has 0 aliphatic rings. The molecule has 6 nitrogen and oxygen atoms in total. The van der Waals surface area contributed by atoms with Gasteiger partial charge in [-0.3, -0.25) is 10.1 Å². The molecule has 6 heteroatoms. The van der Waals surface area contributed by atoms with Crippen LogP contribution in [0.5, 0.6) is 5.75 Å².